The van der Waals surface area contributed by atoms with Gasteiger partial charge >= 0.3 is 13.2 Å². The summed E-state index contributed by atoms with van der Waals surface area (Å²) in [4.78, 5) is 2.78. The third-order valence-electron chi connectivity index (χ3n) is 1.54. The molecule has 0 aliphatic rings. The molecule has 9 heteroatoms. The molecule has 0 radical (unpaired) electrons. The van der Waals surface area contributed by atoms with Gasteiger partial charge in [-0.1, -0.05) is 6.07 Å². The minimum Gasteiger partial charge on any atom is -0.445 e. The molecule has 1 aromatic heterocycles. The minimum atomic E-state index is -5.52. The third kappa shape index (κ3) is 2.77. The third-order valence-corrected chi connectivity index (χ3v) is 1.54. The number of nitrogens with zero attached hydrogens (tertiary/aromatic N) is 1. The van der Waals surface area contributed by atoms with Crippen LogP contribution in [0.25, 0.3) is 0 Å². The van der Waals surface area contributed by atoms with Crippen LogP contribution in [0.15, 0.2) is 12.1 Å². The second-order valence-electron chi connectivity index (χ2n) is 2.78. The van der Waals surface area contributed by atoms with Crippen LogP contribution in [-0.2, 0) is 6.18 Å². The first-order valence-electron chi connectivity index (χ1n) is 3.65. The SMILES string of the molecule is Nc1cc([B-](F)(F)F)cc(C(F)(F)F)n1. The number of nitrogens with two attached hydrogens (primary N) is 1. The monoisotopic (exact) mass is 229 g/mol. The van der Waals surface area contributed by atoms with Gasteiger partial charge in [0.1, 0.15) is 11.5 Å². The first-order valence-corrected chi connectivity index (χ1v) is 3.65. The standard InChI is InChI=1S/C6H4BF6N2/c8-6(9,10)4-1-3(7(11,12)13)2-5(14)15-4/h1-2H,(H2,14,15)/q-1. The molecule has 0 spiro atoms. The van der Waals surface area contributed by atoms with Crippen molar-refractivity contribution in [3.05, 3.63) is 17.8 Å². The van der Waals surface area contributed by atoms with Gasteiger partial charge in [-0.3, -0.25) is 0 Å². The number of rotatable bonds is 1. The van der Waals surface area contributed by atoms with Crippen LogP contribution in [0.4, 0.5) is 31.9 Å². The normalized spacial score (nSPS) is 12.9. The van der Waals surface area contributed by atoms with Crippen molar-refractivity contribution in [2.75, 3.05) is 5.73 Å². The Morgan fingerprint density at radius 3 is 2.07 bits per heavy atom. The first kappa shape index (κ1) is 11.7. The lowest BCUT2D eigenvalue weighted by Gasteiger charge is -2.17. The fourth-order valence-corrected chi connectivity index (χ4v) is 0.908. The van der Waals surface area contributed by atoms with E-state index in [0.717, 1.165) is 0 Å². The molecule has 2 nitrogen and oxygen atoms in total. The van der Waals surface area contributed by atoms with Crippen LogP contribution >= 0.6 is 0 Å². The van der Waals surface area contributed by atoms with Crippen LogP contribution in [0.1, 0.15) is 5.69 Å². The Hall–Kier alpha value is -1.41. The van der Waals surface area contributed by atoms with Crippen molar-refractivity contribution in [2.45, 2.75) is 6.18 Å². The molecule has 1 aromatic rings. The van der Waals surface area contributed by atoms with E-state index in [1.807, 2.05) is 0 Å². The fraction of sp³-hybridized carbons (Fsp3) is 0.167. The largest absolute Gasteiger partial charge is 0.509 e. The predicted molar refractivity (Wildman–Crippen MR) is 42.4 cm³/mol. The molecule has 2 N–H and O–H groups in total. The number of aromatic nitrogens is 1. The Morgan fingerprint density at radius 1 is 1.13 bits per heavy atom. The lowest BCUT2D eigenvalue weighted by atomic mass is 9.80. The van der Waals surface area contributed by atoms with E-state index in [1.54, 1.807) is 0 Å². The van der Waals surface area contributed by atoms with Crippen molar-refractivity contribution in [1.82, 2.24) is 4.98 Å². The molecule has 0 aliphatic heterocycles. The zero-order chi connectivity index (χ0) is 11.9. The molecule has 0 saturated heterocycles. The minimum absolute atomic E-state index is 0.0592. The summed E-state index contributed by atoms with van der Waals surface area (Å²) in [5, 5.41) is 0. The van der Waals surface area contributed by atoms with Crippen LogP contribution in [0.3, 0.4) is 0 Å². The molecule has 0 fully saturated rings. The highest BCUT2D eigenvalue weighted by atomic mass is 19.4. The van der Waals surface area contributed by atoms with Crippen molar-refractivity contribution in [2.24, 2.45) is 0 Å². The highest BCUT2D eigenvalue weighted by Crippen LogP contribution is 2.28. The molecular formula is C6H4BF6N2-. The van der Waals surface area contributed by atoms with Gasteiger partial charge in [0.2, 0.25) is 0 Å². The van der Waals surface area contributed by atoms with E-state index in [-0.39, 0.29) is 6.07 Å². The molecule has 0 aromatic carbocycles. The number of pyridine rings is 1. The summed E-state index contributed by atoms with van der Waals surface area (Å²) >= 11 is 0. The topological polar surface area (TPSA) is 38.9 Å². The predicted octanol–water partition coefficient (Wildman–Crippen LogP) is 1.74. The average Bonchev–Trinajstić information content (AvgIpc) is 1.99. The average molecular weight is 229 g/mol. The second-order valence-corrected chi connectivity index (χ2v) is 2.78. The van der Waals surface area contributed by atoms with Gasteiger partial charge in [-0.05, 0) is 6.07 Å². The van der Waals surface area contributed by atoms with E-state index in [0.29, 0.717) is 6.07 Å². The maximum absolute atomic E-state index is 12.1. The van der Waals surface area contributed by atoms with Crippen molar-refractivity contribution in [1.29, 1.82) is 0 Å². The number of alkyl halides is 3. The Balaban J connectivity index is 3.30. The molecule has 15 heavy (non-hydrogen) atoms. The highest BCUT2D eigenvalue weighted by Gasteiger charge is 2.35. The van der Waals surface area contributed by atoms with Crippen LogP contribution < -0.4 is 11.2 Å². The van der Waals surface area contributed by atoms with Gasteiger partial charge in [-0.15, -0.1) is 5.46 Å². The zero-order valence-electron chi connectivity index (χ0n) is 7.02. The smallest absolute Gasteiger partial charge is 0.445 e. The summed E-state index contributed by atoms with van der Waals surface area (Å²) in [5.41, 5.74) is 1.80. The summed E-state index contributed by atoms with van der Waals surface area (Å²) in [5.74, 6) is -0.806. The number of hydrogen-bond donors (Lipinski definition) is 1. The number of nitrogen functional groups attached to an aromatic ring is 1. The Morgan fingerprint density at radius 2 is 1.67 bits per heavy atom. The fourth-order valence-electron chi connectivity index (χ4n) is 0.908. The van der Waals surface area contributed by atoms with Gasteiger partial charge in [0.15, 0.2) is 0 Å². The van der Waals surface area contributed by atoms with Crippen LogP contribution in [0.5, 0.6) is 0 Å². The first-order chi connectivity index (χ1) is 6.60. The van der Waals surface area contributed by atoms with Crippen LogP contribution in [0.2, 0.25) is 0 Å². The molecule has 0 aliphatic carbocycles. The molecule has 0 saturated carbocycles. The van der Waals surface area contributed by atoms with Gasteiger partial charge in [0.05, 0.1) is 0 Å². The molecule has 0 unspecified atom stereocenters. The Labute approximate surface area is 80.2 Å². The summed E-state index contributed by atoms with van der Waals surface area (Å²) in [6, 6.07) is 0.311. The Bertz CT molecular complexity index is 339. The van der Waals surface area contributed by atoms with Crippen LogP contribution in [-0.4, -0.2) is 12.0 Å². The van der Waals surface area contributed by atoms with E-state index in [1.165, 1.54) is 0 Å². The maximum Gasteiger partial charge on any atom is 0.509 e. The molecule has 84 valence electrons. The van der Waals surface area contributed by atoms with Crippen molar-refractivity contribution in [3.63, 3.8) is 0 Å². The summed E-state index contributed by atoms with van der Waals surface area (Å²) in [6.07, 6.45) is -4.94. The van der Waals surface area contributed by atoms with Crippen molar-refractivity contribution in [3.8, 4) is 0 Å². The lowest BCUT2D eigenvalue weighted by molar-refractivity contribution is -0.141. The quantitative estimate of drug-likeness (QED) is 0.588. The summed E-state index contributed by atoms with van der Waals surface area (Å²) < 4.78 is 72.6. The summed E-state index contributed by atoms with van der Waals surface area (Å²) in [6.45, 7) is -5.52. The molecule has 1 rings (SSSR count). The van der Waals surface area contributed by atoms with Crippen molar-refractivity contribution < 1.29 is 26.1 Å². The van der Waals surface area contributed by atoms with E-state index in [2.05, 4.69) is 4.98 Å². The van der Waals surface area contributed by atoms with Gasteiger partial charge in [0.25, 0.3) is 0 Å². The van der Waals surface area contributed by atoms with Crippen LogP contribution in [0, 0.1) is 0 Å². The van der Waals surface area contributed by atoms with Gasteiger partial charge in [-0.2, -0.15) is 13.2 Å². The van der Waals surface area contributed by atoms with Gasteiger partial charge in [0, 0.05) is 0 Å². The van der Waals surface area contributed by atoms with E-state index in [4.69, 9.17) is 5.73 Å². The van der Waals surface area contributed by atoms with E-state index in [9.17, 15) is 26.1 Å². The lowest BCUT2D eigenvalue weighted by Crippen LogP contribution is -2.35. The summed E-state index contributed by atoms with van der Waals surface area (Å²) in [7, 11) is 0. The molecular weight excluding hydrogens is 225 g/mol. The highest BCUT2D eigenvalue weighted by molar-refractivity contribution is 6.73. The zero-order valence-corrected chi connectivity index (χ0v) is 7.02. The van der Waals surface area contributed by atoms with Gasteiger partial charge < -0.3 is 18.7 Å². The number of halogens is 6. The van der Waals surface area contributed by atoms with Gasteiger partial charge in [-0.25, -0.2) is 4.98 Å². The molecule has 0 bridgehead atoms. The maximum atomic E-state index is 12.1. The van der Waals surface area contributed by atoms with E-state index < -0.39 is 30.1 Å². The van der Waals surface area contributed by atoms with Crippen molar-refractivity contribution >= 4 is 18.3 Å². The molecule has 0 amide bonds. The van der Waals surface area contributed by atoms with E-state index >= 15 is 0 Å². The number of anilines is 1. The molecule has 0 atom stereocenters. The molecule has 1 heterocycles. The Kier molecular flexibility index (Phi) is 2.58. The number of hydrogen-bond acceptors (Lipinski definition) is 2. The second kappa shape index (κ2) is 3.32.